The number of aromatic nitrogens is 1. The molecule has 1 aromatic carbocycles. The van der Waals surface area contributed by atoms with Crippen LogP contribution in [0.2, 0.25) is 0 Å². The zero-order chi connectivity index (χ0) is 14.9. The molecule has 0 bridgehead atoms. The maximum Gasteiger partial charge on any atom is 0.347 e. The van der Waals surface area contributed by atoms with Crippen LogP contribution in [-0.4, -0.2) is 35.1 Å². The van der Waals surface area contributed by atoms with E-state index in [9.17, 15) is 9.18 Å². The van der Waals surface area contributed by atoms with E-state index in [1.54, 1.807) is 19.1 Å². The second-order valence-electron chi connectivity index (χ2n) is 4.69. The summed E-state index contributed by atoms with van der Waals surface area (Å²) in [7, 11) is 3.76. The Morgan fingerprint density at radius 3 is 2.40 bits per heavy atom. The molecule has 0 saturated carbocycles. The number of benzene rings is 1. The van der Waals surface area contributed by atoms with Crippen molar-refractivity contribution in [3.05, 3.63) is 51.2 Å². The predicted octanol–water partition coefficient (Wildman–Crippen LogP) is 2.94. The summed E-state index contributed by atoms with van der Waals surface area (Å²) in [6.45, 7) is 1.68. The molecule has 2 aromatic rings. The Bertz CT molecular complexity index is 623. The summed E-state index contributed by atoms with van der Waals surface area (Å²) in [6.07, 6.45) is 0. The fourth-order valence-corrected chi connectivity index (χ4v) is 3.17. The molecule has 0 spiro atoms. The number of aromatic carboxylic acids is 1. The third-order valence-corrected chi connectivity index (χ3v) is 4.14. The second-order valence-corrected chi connectivity index (χ2v) is 5.72. The van der Waals surface area contributed by atoms with Gasteiger partial charge in [0.1, 0.15) is 15.7 Å². The second kappa shape index (κ2) is 5.68. The summed E-state index contributed by atoms with van der Waals surface area (Å²) in [5.41, 5.74) is 1.38. The largest absolute Gasteiger partial charge is 0.477 e. The quantitative estimate of drug-likeness (QED) is 0.942. The molecule has 0 amide bonds. The fourth-order valence-electron chi connectivity index (χ4n) is 2.04. The Labute approximate surface area is 120 Å². The Kier molecular flexibility index (Phi) is 4.15. The van der Waals surface area contributed by atoms with Crippen molar-refractivity contribution in [2.75, 3.05) is 14.1 Å². The van der Waals surface area contributed by atoms with Crippen LogP contribution in [0.3, 0.4) is 0 Å². The monoisotopic (exact) mass is 294 g/mol. The van der Waals surface area contributed by atoms with Crippen molar-refractivity contribution in [3.63, 3.8) is 0 Å². The highest BCUT2D eigenvalue weighted by atomic mass is 32.1. The van der Waals surface area contributed by atoms with Crippen molar-refractivity contribution >= 4 is 17.3 Å². The van der Waals surface area contributed by atoms with Crippen molar-refractivity contribution in [1.82, 2.24) is 9.88 Å². The standard InChI is InChI=1S/C14H15FN2O2S/c1-8-12(14(18)19)20-13(16-8)11(17(2)3)9-4-6-10(15)7-5-9/h4-7,11H,1-3H3,(H,18,19)/t11-/m0/s1. The van der Waals surface area contributed by atoms with Gasteiger partial charge in [0.25, 0.3) is 0 Å². The number of carboxylic acid groups (broad SMARTS) is 1. The zero-order valence-corrected chi connectivity index (χ0v) is 12.2. The third kappa shape index (κ3) is 2.86. The topological polar surface area (TPSA) is 53.4 Å². The first-order valence-corrected chi connectivity index (χ1v) is 6.84. The number of carboxylic acids is 1. The molecule has 0 aliphatic carbocycles. The molecule has 1 aromatic heterocycles. The lowest BCUT2D eigenvalue weighted by molar-refractivity contribution is 0.0701. The van der Waals surface area contributed by atoms with Crippen LogP contribution in [0, 0.1) is 12.7 Å². The van der Waals surface area contributed by atoms with Crippen LogP contribution < -0.4 is 0 Å². The Balaban J connectivity index is 2.46. The van der Waals surface area contributed by atoms with Gasteiger partial charge in [0.2, 0.25) is 0 Å². The highest BCUT2D eigenvalue weighted by Gasteiger charge is 2.23. The molecular weight excluding hydrogens is 279 g/mol. The smallest absolute Gasteiger partial charge is 0.347 e. The van der Waals surface area contributed by atoms with Crippen LogP contribution >= 0.6 is 11.3 Å². The minimum absolute atomic E-state index is 0.188. The maximum absolute atomic E-state index is 13.0. The molecule has 2 rings (SSSR count). The van der Waals surface area contributed by atoms with Gasteiger partial charge in [-0.3, -0.25) is 4.90 Å². The van der Waals surface area contributed by atoms with E-state index in [0.717, 1.165) is 16.9 Å². The van der Waals surface area contributed by atoms with Crippen molar-refractivity contribution in [3.8, 4) is 0 Å². The molecule has 1 heterocycles. The van der Waals surface area contributed by atoms with E-state index in [2.05, 4.69) is 4.98 Å². The average Bonchev–Trinajstić information content (AvgIpc) is 2.73. The van der Waals surface area contributed by atoms with Gasteiger partial charge in [-0.2, -0.15) is 0 Å². The Morgan fingerprint density at radius 2 is 1.95 bits per heavy atom. The number of rotatable bonds is 4. The number of aryl methyl sites for hydroxylation is 1. The molecule has 0 aliphatic rings. The molecular formula is C14H15FN2O2S. The molecule has 0 fully saturated rings. The lowest BCUT2D eigenvalue weighted by Gasteiger charge is -2.22. The van der Waals surface area contributed by atoms with Gasteiger partial charge in [-0.15, -0.1) is 11.3 Å². The van der Waals surface area contributed by atoms with Crippen LogP contribution in [0.25, 0.3) is 0 Å². The zero-order valence-electron chi connectivity index (χ0n) is 11.4. The minimum atomic E-state index is -0.970. The number of halogens is 1. The number of hydrogen-bond acceptors (Lipinski definition) is 4. The van der Waals surface area contributed by atoms with Crippen LogP contribution in [-0.2, 0) is 0 Å². The molecule has 0 saturated heterocycles. The fraction of sp³-hybridized carbons (Fsp3) is 0.286. The van der Waals surface area contributed by atoms with Gasteiger partial charge in [-0.25, -0.2) is 14.2 Å². The number of hydrogen-bond donors (Lipinski definition) is 1. The van der Waals surface area contributed by atoms with E-state index in [-0.39, 0.29) is 16.7 Å². The van der Waals surface area contributed by atoms with E-state index in [0.29, 0.717) is 10.7 Å². The molecule has 4 nitrogen and oxygen atoms in total. The van der Waals surface area contributed by atoms with Gasteiger partial charge >= 0.3 is 5.97 Å². The van der Waals surface area contributed by atoms with E-state index in [1.807, 2.05) is 19.0 Å². The predicted molar refractivity (Wildman–Crippen MR) is 75.7 cm³/mol. The molecule has 20 heavy (non-hydrogen) atoms. The van der Waals surface area contributed by atoms with Crippen LogP contribution in [0.4, 0.5) is 4.39 Å². The summed E-state index contributed by atoms with van der Waals surface area (Å²) in [4.78, 5) is 17.6. The van der Waals surface area contributed by atoms with Gasteiger partial charge in [-0.05, 0) is 38.7 Å². The van der Waals surface area contributed by atoms with Crippen molar-refractivity contribution in [2.45, 2.75) is 13.0 Å². The van der Waals surface area contributed by atoms with Gasteiger partial charge in [0.05, 0.1) is 11.7 Å². The third-order valence-electron chi connectivity index (χ3n) is 2.94. The first-order valence-electron chi connectivity index (χ1n) is 6.02. The highest BCUT2D eigenvalue weighted by molar-refractivity contribution is 7.13. The molecule has 1 atom stereocenters. The summed E-state index contributed by atoms with van der Waals surface area (Å²) >= 11 is 1.16. The highest BCUT2D eigenvalue weighted by Crippen LogP contribution is 2.31. The van der Waals surface area contributed by atoms with Crippen LogP contribution in [0.15, 0.2) is 24.3 Å². The van der Waals surface area contributed by atoms with E-state index in [1.165, 1.54) is 12.1 Å². The van der Waals surface area contributed by atoms with E-state index >= 15 is 0 Å². The summed E-state index contributed by atoms with van der Waals surface area (Å²) < 4.78 is 13.0. The van der Waals surface area contributed by atoms with Crippen molar-refractivity contribution < 1.29 is 14.3 Å². The lowest BCUT2D eigenvalue weighted by atomic mass is 10.1. The SMILES string of the molecule is Cc1nc([C@H](c2ccc(F)cc2)N(C)C)sc1C(=O)O. The summed E-state index contributed by atoms with van der Waals surface area (Å²) in [5.74, 6) is -1.27. The maximum atomic E-state index is 13.0. The first kappa shape index (κ1) is 14.6. The molecule has 6 heteroatoms. The average molecular weight is 294 g/mol. The van der Waals surface area contributed by atoms with Gasteiger partial charge < -0.3 is 5.11 Å². The Hall–Kier alpha value is -1.79. The van der Waals surface area contributed by atoms with E-state index in [4.69, 9.17) is 5.11 Å². The van der Waals surface area contributed by atoms with Crippen molar-refractivity contribution in [2.24, 2.45) is 0 Å². The lowest BCUT2D eigenvalue weighted by Crippen LogP contribution is -2.21. The number of thiazole rings is 1. The molecule has 0 unspecified atom stereocenters. The first-order chi connectivity index (χ1) is 9.40. The minimum Gasteiger partial charge on any atom is -0.477 e. The van der Waals surface area contributed by atoms with Crippen molar-refractivity contribution in [1.29, 1.82) is 0 Å². The van der Waals surface area contributed by atoms with Gasteiger partial charge in [0, 0.05) is 0 Å². The number of nitrogens with zero attached hydrogens (tertiary/aromatic N) is 2. The van der Waals surface area contributed by atoms with Gasteiger partial charge in [0.15, 0.2) is 0 Å². The van der Waals surface area contributed by atoms with E-state index < -0.39 is 5.97 Å². The normalized spacial score (nSPS) is 12.7. The number of carbonyl (C=O) groups is 1. The summed E-state index contributed by atoms with van der Waals surface area (Å²) in [5, 5.41) is 9.80. The van der Waals surface area contributed by atoms with Crippen LogP contribution in [0.5, 0.6) is 0 Å². The molecule has 0 aliphatic heterocycles. The molecule has 1 N–H and O–H groups in total. The Morgan fingerprint density at radius 1 is 1.35 bits per heavy atom. The molecule has 0 radical (unpaired) electrons. The molecule has 106 valence electrons. The van der Waals surface area contributed by atoms with Gasteiger partial charge in [-0.1, -0.05) is 12.1 Å². The summed E-state index contributed by atoms with van der Waals surface area (Å²) in [6, 6.07) is 5.98. The van der Waals surface area contributed by atoms with Crippen LogP contribution in [0.1, 0.15) is 32.0 Å².